The highest BCUT2D eigenvalue weighted by atomic mass is 16.4. The van der Waals surface area contributed by atoms with Gasteiger partial charge in [0.1, 0.15) is 5.76 Å². The third-order valence-corrected chi connectivity index (χ3v) is 3.70. The van der Waals surface area contributed by atoms with Crippen molar-refractivity contribution in [2.45, 2.75) is 19.9 Å². The van der Waals surface area contributed by atoms with Crippen LogP contribution < -0.4 is 10.9 Å². The van der Waals surface area contributed by atoms with Gasteiger partial charge in [-0.3, -0.25) is 9.59 Å². The topological polar surface area (TPSA) is 64.2 Å². The Morgan fingerprint density at radius 2 is 2.00 bits per heavy atom. The third-order valence-electron chi connectivity index (χ3n) is 3.70. The van der Waals surface area contributed by atoms with Gasteiger partial charge < -0.3 is 14.3 Å². The first-order valence-corrected chi connectivity index (χ1v) is 7.80. The molecule has 1 amide bonds. The monoisotopic (exact) mass is 322 g/mol. The first-order valence-electron chi connectivity index (χ1n) is 7.80. The molecule has 5 heteroatoms. The molecule has 122 valence electrons. The summed E-state index contributed by atoms with van der Waals surface area (Å²) in [6.07, 6.45) is 2.58. The maximum Gasteiger partial charge on any atom is 0.291 e. The Bertz CT molecular complexity index is 908. The van der Waals surface area contributed by atoms with E-state index in [0.717, 1.165) is 17.7 Å². The Labute approximate surface area is 139 Å². The maximum absolute atomic E-state index is 12.3. The molecule has 0 aliphatic heterocycles. The molecule has 2 heterocycles. The van der Waals surface area contributed by atoms with E-state index in [1.165, 1.54) is 10.6 Å². The van der Waals surface area contributed by atoms with Crippen molar-refractivity contribution in [2.75, 3.05) is 5.32 Å². The van der Waals surface area contributed by atoms with Crippen LogP contribution in [0.25, 0.3) is 0 Å². The van der Waals surface area contributed by atoms with Gasteiger partial charge in [0.2, 0.25) is 0 Å². The van der Waals surface area contributed by atoms with Gasteiger partial charge in [-0.25, -0.2) is 0 Å². The molecule has 1 aromatic carbocycles. The van der Waals surface area contributed by atoms with E-state index < -0.39 is 0 Å². The smallest absolute Gasteiger partial charge is 0.291 e. The third kappa shape index (κ3) is 3.63. The molecule has 0 aliphatic carbocycles. The number of furan rings is 1. The SMILES string of the molecule is CCc1cccc(NC(=O)c2ccc(Cn3ccccc3=O)o2)c1. The Hall–Kier alpha value is -3.08. The second-order valence-corrected chi connectivity index (χ2v) is 5.44. The largest absolute Gasteiger partial charge is 0.454 e. The second kappa shape index (κ2) is 7.00. The fraction of sp³-hybridized carbons (Fsp3) is 0.158. The number of carbonyl (C=O) groups excluding carboxylic acids is 1. The van der Waals surface area contributed by atoms with Gasteiger partial charge in [0.15, 0.2) is 5.76 Å². The van der Waals surface area contributed by atoms with Crippen LogP contribution in [0.4, 0.5) is 5.69 Å². The quantitative estimate of drug-likeness (QED) is 0.784. The molecule has 24 heavy (non-hydrogen) atoms. The number of hydrogen-bond donors (Lipinski definition) is 1. The van der Waals surface area contributed by atoms with Gasteiger partial charge in [0, 0.05) is 18.0 Å². The average Bonchev–Trinajstić information content (AvgIpc) is 3.06. The summed E-state index contributed by atoms with van der Waals surface area (Å²) < 4.78 is 7.08. The first-order chi connectivity index (χ1) is 11.7. The lowest BCUT2D eigenvalue weighted by molar-refractivity contribution is 0.0994. The molecule has 0 saturated carbocycles. The number of carbonyl (C=O) groups is 1. The van der Waals surface area contributed by atoms with E-state index >= 15 is 0 Å². The van der Waals surface area contributed by atoms with Crippen molar-refractivity contribution in [1.82, 2.24) is 4.57 Å². The molecule has 0 atom stereocenters. The van der Waals surface area contributed by atoms with Gasteiger partial charge in [-0.05, 0) is 42.3 Å². The fourth-order valence-corrected chi connectivity index (χ4v) is 2.41. The van der Waals surface area contributed by atoms with Gasteiger partial charge >= 0.3 is 0 Å². The minimum Gasteiger partial charge on any atom is -0.454 e. The summed E-state index contributed by atoms with van der Waals surface area (Å²) in [7, 11) is 0. The van der Waals surface area contributed by atoms with E-state index in [0.29, 0.717) is 5.76 Å². The van der Waals surface area contributed by atoms with Crippen molar-refractivity contribution in [2.24, 2.45) is 0 Å². The van der Waals surface area contributed by atoms with Crippen LogP contribution in [0.2, 0.25) is 0 Å². The van der Waals surface area contributed by atoms with Crippen LogP contribution in [-0.2, 0) is 13.0 Å². The molecular weight excluding hydrogens is 304 g/mol. The summed E-state index contributed by atoms with van der Waals surface area (Å²) in [6.45, 7) is 2.35. The van der Waals surface area contributed by atoms with Crippen LogP contribution in [0, 0.1) is 0 Å². The van der Waals surface area contributed by atoms with Gasteiger partial charge in [-0.15, -0.1) is 0 Å². The molecule has 3 aromatic rings. The lowest BCUT2D eigenvalue weighted by Crippen LogP contribution is -2.18. The number of benzene rings is 1. The number of aryl methyl sites for hydroxylation is 1. The van der Waals surface area contributed by atoms with Crippen LogP contribution >= 0.6 is 0 Å². The number of amides is 1. The number of pyridine rings is 1. The Morgan fingerprint density at radius 3 is 2.79 bits per heavy atom. The highest BCUT2D eigenvalue weighted by Crippen LogP contribution is 2.14. The van der Waals surface area contributed by atoms with E-state index in [2.05, 4.69) is 12.2 Å². The van der Waals surface area contributed by atoms with Crippen molar-refractivity contribution < 1.29 is 9.21 Å². The van der Waals surface area contributed by atoms with E-state index in [9.17, 15) is 9.59 Å². The minimum atomic E-state index is -0.310. The Balaban J connectivity index is 1.71. The number of hydrogen-bond acceptors (Lipinski definition) is 3. The Morgan fingerprint density at radius 1 is 1.12 bits per heavy atom. The van der Waals surface area contributed by atoms with Crippen LogP contribution in [0.15, 0.2) is 70.0 Å². The highest BCUT2D eigenvalue weighted by Gasteiger charge is 2.12. The maximum atomic E-state index is 12.3. The summed E-state index contributed by atoms with van der Waals surface area (Å²) in [5, 5.41) is 2.82. The van der Waals surface area contributed by atoms with Crippen molar-refractivity contribution in [1.29, 1.82) is 0 Å². The van der Waals surface area contributed by atoms with Crippen LogP contribution in [0.3, 0.4) is 0 Å². The fourth-order valence-electron chi connectivity index (χ4n) is 2.41. The molecule has 1 N–H and O–H groups in total. The molecule has 2 aromatic heterocycles. The van der Waals surface area contributed by atoms with E-state index in [4.69, 9.17) is 4.42 Å². The second-order valence-electron chi connectivity index (χ2n) is 5.44. The van der Waals surface area contributed by atoms with E-state index in [1.807, 2.05) is 24.3 Å². The first kappa shape index (κ1) is 15.8. The molecular formula is C19H18N2O3. The lowest BCUT2D eigenvalue weighted by Gasteiger charge is -2.05. The lowest BCUT2D eigenvalue weighted by atomic mass is 10.1. The van der Waals surface area contributed by atoms with Gasteiger partial charge in [0.25, 0.3) is 11.5 Å². The summed E-state index contributed by atoms with van der Waals surface area (Å²) in [6, 6.07) is 16.0. The van der Waals surface area contributed by atoms with E-state index in [-0.39, 0.29) is 23.8 Å². The van der Waals surface area contributed by atoms with Crippen LogP contribution in [0.5, 0.6) is 0 Å². The van der Waals surface area contributed by atoms with E-state index in [1.54, 1.807) is 30.5 Å². The predicted molar refractivity (Wildman–Crippen MR) is 92.3 cm³/mol. The number of rotatable bonds is 5. The Kier molecular flexibility index (Phi) is 4.61. The summed E-state index contributed by atoms with van der Waals surface area (Å²) in [4.78, 5) is 24.0. The summed E-state index contributed by atoms with van der Waals surface area (Å²) in [5.74, 6) is 0.460. The van der Waals surface area contributed by atoms with Gasteiger partial charge in [-0.2, -0.15) is 0 Å². The zero-order chi connectivity index (χ0) is 16.9. The molecule has 0 fully saturated rings. The molecule has 5 nitrogen and oxygen atoms in total. The van der Waals surface area contributed by atoms with Crippen molar-refractivity contribution in [3.63, 3.8) is 0 Å². The number of nitrogens with one attached hydrogen (secondary N) is 1. The zero-order valence-electron chi connectivity index (χ0n) is 13.4. The summed E-state index contributed by atoms with van der Waals surface area (Å²) >= 11 is 0. The highest BCUT2D eigenvalue weighted by molar-refractivity contribution is 6.02. The minimum absolute atomic E-state index is 0.115. The van der Waals surface area contributed by atoms with Crippen molar-refractivity contribution in [3.8, 4) is 0 Å². The van der Waals surface area contributed by atoms with Gasteiger partial charge in [-0.1, -0.05) is 25.1 Å². The molecule has 0 radical (unpaired) electrons. The number of anilines is 1. The molecule has 0 unspecified atom stereocenters. The number of aromatic nitrogens is 1. The van der Waals surface area contributed by atoms with Crippen LogP contribution in [-0.4, -0.2) is 10.5 Å². The zero-order valence-corrected chi connectivity index (χ0v) is 13.4. The molecule has 0 saturated heterocycles. The molecule has 0 bridgehead atoms. The number of nitrogens with zero attached hydrogens (tertiary/aromatic N) is 1. The average molecular weight is 322 g/mol. The van der Waals surface area contributed by atoms with Crippen LogP contribution in [0.1, 0.15) is 28.8 Å². The molecule has 0 aliphatic rings. The van der Waals surface area contributed by atoms with Crippen molar-refractivity contribution >= 4 is 11.6 Å². The predicted octanol–water partition coefficient (Wildman–Crippen LogP) is 3.30. The molecule has 0 spiro atoms. The molecule has 3 rings (SSSR count). The van der Waals surface area contributed by atoms with Gasteiger partial charge in [0.05, 0.1) is 6.54 Å². The van der Waals surface area contributed by atoms with Crippen molar-refractivity contribution in [3.05, 3.63) is 88.2 Å². The summed E-state index contributed by atoms with van der Waals surface area (Å²) in [5.41, 5.74) is 1.77. The standard InChI is InChI=1S/C19H18N2O3/c1-2-14-6-5-7-15(12-14)20-19(23)17-10-9-16(24-17)13-21-11-4-3-8-18(21)22/h3-12H,2,13H2,1H3,(H,20,23). The normalized spacial score (nSPS) is 10.5.